The van der Waals surface area contributed by atoms with Crippen LogP contribution < -0.4 is 11.1 Å². The van der Waals surface area contributed by atoms with Crippen molar-refractivity contribution in [2.45, 2.75) is 62.4 Å². The monoisotopic (exact) mass is 492 g/mol. The third-order valence-corrected chi connectivity index (χ3v) is 6.93. The molecule has 1 aliphatic heterocycles. The lowest BCUT2D eigenvalue weighted by Crippen LogP contribution is -2.41. The number of halogens is 1. The number of hydrogen-bond acceptors (Lipinski definition) is 3. The minimum atomic E-state index is -3.35. The van der Waals surface area contributed by atoms with Crippen molar-refractivity contribution in [1.29, 1.82) is 0 Å². The van der Waals surface area contributed by atoms with Gasteiger partial charge < -0.3 is 11.1 Å². The minimum Gasteiger partial charge on any atom is -0.370 e. The maximum absolute atomic E-state index is 12.5. The lowest BCUT2D eigenvalue weighted by atomic mass is 9.96. The summed E-state index contributed by atoms with van der Waals surface area (Å²) >= 11 is 0. The van der Waals surface area contributed by atoms with E-state index in [9.17, 15) is 8.42 Å². The number of sulfonamides is 1. The fourth-order valence-corrected chi connectivity index (χ4v) is 5.04. The van der Waals surface area contributed by atoms with Crippen molar-refractivity contribution in [3.63, 3.8) is 0 Å². The molecule has 0 bridgehead atoms. The average molecular weight is 492 g/mol. The first-order valence-corrected chi connectivity index (χ1v) is 10.7. The van der Waals surface area contributed by atoms with Gasteiger partial charge in [0.2, 0.25) is 10.0 Å². The van der Waals surface area contributed by atoms with Crippen molar-refractivity contribution in [1.82, 2.24) is 9.62 Å². The topological polar surface area (TPSA) is 87.8 Å². The van der Waals surface area contributed by atoms with E-state index < -0.39 is 10.0 Å². The van der Waals surface area contributed by atoms with Gasteiger partial charge in [-0.3, -0.25) is 0 Å². The van der Waals surface area contributed by atoms with E-state index in [1.165, 1.54) is 19.3 Å². The molecule has 0 unspecified atom stereocenters. The summed E-state index contributed by atoms with van der Waals surface area (Å²) in [7, 11) is -3.35. The molecule has 26 heavy (non-hydrogen) atoms. The number of aliphatic imine (C=N–C) groups is 1. The zero-order valence-electron chi connectivity index (χ0n) is 15.1. The van der Waals surface area contributed by atoms with Gasteiger partial charge in [-0.2, -0.15) is 4.31 Å². The molecule has 1 heterocycles. The quantitative estimate of drug-likeness (QED) is 0.376. The molecule has 8 heteroatoms. The Morgan fingerprint density at radius 1 is 1.08 bits per heavy atom. The van der Waals surface area contributed by atoms with Crippen molar-refractivity contribution in [3.8, 4) is 0 Å². The first-order chi connectivity index (χ1) is 12.1. The summed E-state index contributed by atoms with van der Waals surface area (Å²) in [6.07, 6.45) is 7.99. The summed E-state index contributed by atoms with van der Waals surface area (Å²) in [5.74, 6) is 0.473. The van der Waals surface area contributed by atoms with Crippen molar-refractivity contribution in [2.75, 3.05) is 13.1 Å². The van der Waals surface area contributed by atoms with Crippen LogP contribution in [0.1, 0.15) is 50.5 Å². The highest BCUT2D eigenvalue weighted by Crippen LogP contribution is 2.21. The number of nitrogens with one attached hydrogen (secondary N) is 1. The molecule has 3 rings (SSSR count). The minimum absolute atomic E-state index is 0. The Balaban J connectivity index is 0.00000243. The van der Waals surface area contributed by atoms with Gasteiger partial charge in [-0.25, -0.2) is 13.4 Å². The second-order valence-corrected chi connectivity index (χ2v) is 8.87. The summed E-state index contributed by atoms with van der Waals surface area (Å²) in [5, 5.41) is 3.29. The Hall–Kier alpha value is -0.870. The molecule has 1 aromatic rings. The van der Waals surface area contributed by atoms with Crippen LogP contribution in [0.4, 0.5) is 0 Å². The molecule has 1 aromatic carbocycles. The molecule has 1 saturated carbocycles. The third kappa shape index (κ3) is 5.56. The SMILES string of the molecule is I.NC(=NCc1ccc(S(=O)(=O)N2CCCC2)cc1)NC1CCCCC1. The summed E-state index contributed by atoms with van der Waals surface area (Å²) in [5.41, 5.74) is 6.92. The summed E-state index contributed by atoms with van der Waals surface area (Å²) < 4.78 is 26.6. The maximum atomic E-state index is 12.5. The van der Waals surface area contributed by atoms with Crippen molar-refractivity contribution < 1.29 is 8.42 Å². The van der Waals surface area contributed by atoms with E-state index in [2.05, 4.69) is 10.3 Å². The second kappa shape index (κ2) is 9.89. The van der Waals surface area contributed by atoms with E-state index in [0.717, 1.165) is 31.2 Å². The van der Waals surface area contributed by atoms with Crippen LogP contribution in [0.3, 0.4) is 0 Å². The van der Waals surface area contributed by atoms with Crippen LogP contribution in [0, 0.1) is 0 Å². The Bertz CT molecular complexity index is 694. The number of rotatable bonds is 5. The number of nitrogens with zero attached hydrogens (tertiary/aromatic N) is 2. The van der Waals surface area contributed by atoms with E-state index in [4.69, 9.17) is 5.73 Å². The highest BCUT2D eigenvalue weighted by Gasteiger charge is 2.26. The highest BCUT2D eigenvalue weighted by atomic mass is 127. The van der Waals surface area contributed by atoms with Gasteiger partial charge in [0.05, 0.1) is 11.4 Å². The molecule has 146 valence electrons. The molecule has 2 aliphatic rings. The average Bonchev–Trinajstić information content (AvgIpc) is 3.17. The Labute approximate surface area is 173 Å². The van der Waals surface area contributed by atoms with E-state index in [0.29, 0.717) is 36.5 Å². The summed E-state index contributed by atoms with van der Waals surface area (Å²) in [6, 6.07) is 7.42. The van der Waals surface area contributed by atoms with Crippen LogP contribution >= 0.6 is 24.0 Å². The van der Waals surface area contributed by atoms with E-state index in [1.807, 2.05) is 12.1 Å². The van der Waals surface area contributed by atoms with Gasteiger partial charge >= 0.3 is 0 Å². The fourth-order valence-electron chi connectivity index (χ4n) is 3.52. The van der Waals surface area contributed by atoms with Crippen LogP contribution in [0.5, 0.6) is 0 Å². The lowest BCUT2D eigenvalue weighted by Gasteiger charge is -2.23. The highest BCUT2D eigenvalue weighted by molar-refractivity contribution is 14.0. The first-order valence-electron chi connectivity index (χ1n) is 9.21. The van der Waals surface area contributed by atoms with Crippen molar-refractivity contribution in [2.24, 2.45) is 10.7 Å². The largest absolute Gasteiger partial charge is 0.370 e. The zero-order valence-corrected chi connectivity index (χ0v) is 18.2. The number of hydrogen-bond donors (Lipinski definition) is 2. The molecule has 0 radical (unpaired) electrons. The molecule has 0 aromatic heterocycles. The summed E-state index contributed by atoms with van der Waals surface area (Å²) in [4.78, 5) is 4.74. The molecule has 1 aliphatic carbocycles. The number of nitrogens with two attached hydrogens (primary N) is 1. The Kier molecular flexibility index (Phi) is 8.15. The Morgan fingerprint density at radius 3 is 2.31 bits per heavy atom. The van der Waals surface area contributed by atoms with Gasteiger partial charge in [0.25, 0.3) is 0 Å². The number of guanidine groups is 1. The van der Waals surface area contributed by atoms with E-state index in [1.54, 1.807) is 16.4 Å². The second-order valence-electron chi connectivity index (χ2n) is 6.94. The first kappa shape index (κ1) is 21.4. The zero-order chi connectivity index (χ0) is 17.7. The molecular formula is C18H29IN4O2S. The van der Waals surface area contributed by atoms with Crippen LogP contribution in [-0.4, -0.2) is 37.8 Å². The normalized spacial score (nSPS) is 19.9. The van der Waals surface area contributed by atoms with Gasteiger partial charge in [0.15, 0.2) is 5.96 Å². The molecule has 1 saturated heterocycles. The van der Waals surface area contributed by atoms with Gasteiger partial charge in [-0.15, -0.1) is 24.0 Å². The standard InChI is InChI=1S/C18H28N4O2S.HI/c19-18(21-16-6-2-1-3-7-16)20-14-15-8-10-17(11-9-15)25(23,24)22-12-4-5-13-22;/h8-11,16H,1-7,12-14H2,(H3,19,20,21);1H. The molecule has 2 fully saturated rings. The predicted octanol–water partition coefficient (Wildman–Crippen LogP) is 2.83. The van der Waals surface area contributed by atoms with Crippen LogP contribution in [0.25, 0.3) is 0 Å². The van der Waals surface area contributed by atoms with E-state index >= 15 is 0 Å². The van der Waals surface area contributed by atoms with Crippen LogP contribution in [0.15, 0.2) is 34.2 Å². The van der Waals surface area contributed by atoms with Crippen LogP contribution in [0.2, 0.25) is 0 Å². The van der Waals surface area contributed by atoms with Gasteiger partial charge in [0, 0.05) is 19.1 Å². The summed E-state index contributed by atoms with van der Waals surface area (Å²) in [6.45, 7) is 1.70. The van der Waals surface area contributed by atoms with Gasteiger partial charge in [-0.1, -0.05) is 31.4 Å². The third-order valence-electron chi connectivity index (χ3n) is 5.02. The smallest absolute Gasteiger partial charge is 0.243 e. The lowest BCUT2D eigenvalue weighted by molar-refractivity contribution is 0.412. The molecule has 0 spiro atoms. The van der Waals surface area contributed by atoms with Gasteiger partial charge in [-0.05, 0) is 43.4 Å². The van der Waals surface area contributed by atoms with Crippen molar-refractivity contribution in [3.05, 3.63) is 29.8 Å². The van der Waals surface area contributed by atoms with E-state index in [-0.39, 0.29) is 24.0 Å². The molecule has 3 N–H and O–H groups in total. The predicted molar refractivity (Wildman–Crippen MR) is 115 cm³/mol. The molecule has 6 nitrogen and oxygen atoms in total. The molecular weight excluding hydrogens is 463 g/mol. The van der Waals surface area contributed by atoms with Gasteiger partial charge in [0.1, 0.15) is 0 Å². The Morgan fingerprint density at radius 2 is 1.69 bits per heavy atom. The molecule has 0 amide bonds. The fraction of sp³-hybridized carbons (Fsp3) is 0.611. The van der Waals surface area contributed by atoms with Crippen molar-refractivity contribution >= 4 is 40.0 Å². The molecule has 0 atom stereocenters. The number of benzene rings is 1. The van der Waals surface area contributed by atoms with Crippen LogP contribution in [-0.2, 0) is 16.6 Å². The maximum Gasteiger partial charge on any atom is 0.243 e.